The molecule has 1 N–H and O–H groups in total. The number of aliphatic carboxylic acids is 1. The molecule has 1 aliphatic rings. The Morgan fingerprint density at radius 1 is 1.53 bits per heavy atom. The molecule has 1 aliphatic carbocycles. The van der Waals surface area contributed by atoms with Crippen LogP contribution in [0.3, 0.4) is 0 Å². The number of hydrogen-bond donors (Lipinski definition) is 1. The van der Waals surface area contributed by atoms with Crippen molar-refractivity contribution >= 4 is 11.9 Å². The Kier molecular flexibility index (Phi) is 4.08. The molecule has 86 valence electrons. The van der Waals surface area contributed by atoms with E-state index < -0.39 is 12.0 Å². The van der Waals surface area contributed by atoms with Crippen molar-refractivity contribution in [2.24, 2.45) is 0 Å². The van der Waals surface area contributed by atoms with Crippen molar-refractivity contribution in [1.82, 2.24) is 4.90 Å². The SMILES string of the molecule is COCCC(=O)N(C1CC1)C(C)C(=O)O. The first kappa shape index (κ1) is 12.0. The monoisotopic (exact) mass is 215 g/mol. The molecule has 0 spiro atoms. The normalized spacial score (nSPS) is 17.2. The third-order valence-electron chi connectivity index (χ3n) is 2.52. The molecule has 1 saturated carbocycles. The van der Waals surface area contributed by atoms with Gasteiger partial charge in [0.15, 0.2) is 0 Å². The number of amides is 1. The minimum atomic E-state index is -0.951. The van der Waals surface area contributed by atoms with Crippen molar-refractivity contribution in [2.75, 3.05) is 13.7 Å². The molecule has 0 aromatic heterocycles. The zero-order valence-corrected chi connectivity index (χ0v) is 9.10. The van der Waals surface area contributed by atoms with Gasteiger partial charge in [0.25, 0.3) is 0 Å². The summed E-state index contributed by atoms with van der Waals surface area (Å²) in [5.74, 6) is -1.08. The standard InChI is InChI=1S/C10H17NO4/c1-7(10(13)14)11(8-3-4-8)9(12)5-6-15-2/h7-8H,3-6H2,1-2H3,(H,13,14). The number of nitrogens with zero attached hydrogens (tertiary/aromatic N) is 1. The third kappa shape index (κ3) is 3.20. The summed E-state index contributed by atoms with van der Waals surface area (Å²) in [4.78, 5) is 24.0. The van der Waals surface area contributed by atoms with E-state index in [0.29, 0.717) is 6.61 Å². The zero-order chi connectivity index (χ0) is 11.4. The molecule has 15 heavy (non-hydrogen) atoms. The van der Waals surface area contributed by atoms with Crippen LogP contribution in [0.4, 0.5) is 0 Å². The highest BCUT2D eigenvalue weighted by atomic mass is 16.5. The van der Waals surface area contributed by atoms with E-state index in [4.69, 9.17) is 9.84 Å². The van der Waals surface area contributed by atoms with Crippen LogP contribution in [0, 0.1) is 0 Å². The summed E-state index contributed by atoms with van der Waals surface area (Å²) in [6, 6.07) is -0.609. The summed E-state index contributed by atoms with van der Waals surface area (Å²) in [6.45, 7) is 1.89. The molecule has 0 saturated heterocycles. The van der Waals surface area contributed by atoms with Crippen molar-refractivity contribution in [3.05, 3.63) is 0 Å². The van der Waals surface area contributed by atoms with Gasteiger partial charge in [-0.3, -0.25) is 4.79 Å². The summed E-state index contributed by atoms with van der Waals surface area (Å²) in [6.07, 6.45) is 2.08. The van der Waals surface area contributed by atoms with Crippen LogP contribution < -0.4 is 0 Å². The molecule has 0 radical (unpaired) electrons. The van der Waals surface area contributed by atoms with Crippen LogP contribution in [0.25, 0.3) is 0 Å². The molecule has 5 nitrogen and oxygen atoms in total. The molecule has 1 atom stereocenters. The van der Waals surface area contributed by atoms with Crippen LogP contribution in [-0.2, 0) is 14.3 Å². The van der Waals surface area contributed by atoms with Gasteiger partial charge in [0.05, 0.1) is 13.0 Å². The average molecular weight is 215 g/mol. The predicted octanol–water partition coefficient (Wildman–Crippen LogP) is 0.487. The van der Waals surface area contributed by atoms with Gasteiger partial charge in [-0.1, -0.05) is 0 Å². The fraction of sp³-hybridized carbons (Fsp3) is 0.800. The molecule has 1 unspecified atom stereocenters. The quantitative estimate of drug-likeness (QED) is 0.700. The second-order valence-electron chi connectivity index (χ2n) is 3.79. The predicted molar refractivity (Wildman–Crippen MR) is 53.5 cm³/mol. The maximum absolute atomic E-state index is 11.7. The maximum Gasteiger partial charge on any atom is 0.326 e. The number of carbonyl (C=O) groups excluding carboxylic acids is 1. The minimum absolute atomic E-state index is 0.125. The van der Waals surface area contributed by atoms with Crippen molar-refractivity contribution in [2.45, 2.75) is 38.3 Å². The van der Waals surface area contributed by atoms with E-state index in [9.17, 15) is 9.59 Å². The van der Waals surface area contributed by atoms with Gasteiger partial charge < -0.3 is 14.7 Å². The Balaban J connectivity index is 2.56. The second kappa shape index (κ2) is 5.11. The van der Waals surface area contributed by atoms with Gasteiger partial charge in [0.2, 0.25) is 5.91 Å². The largest absolute Gasteiger partial charge is 0.480 e. The first-order valence-corrected chi connectivity index (χ1v) is 5.10. The molecule has 1 amide bonds. The van der Waals surface area contributed by atoms with Crippen LogP contribution in [0.5, 0.6) is 0 Å². The minimum Gasteiger partial charge on any atom is -0.480 e. The zero-order valence-electron chi connectivity index (χ0n) is 9.10. The molecule has 0 aromatic carbocycles. The van der Waals surface area contributed by atoms with E-state index >= 15 is 0 Å². The van der Waals surface area contributed by atoms with Gasteiger partial charge in [-0.15, -0.1) is 0 Å². The molecule has 1 rings (SSSR count). The van der Waals surface area contributed by atoms with Crippen LogP contribution >= 0.6 is 0 Å². The highest BCUT2D eigenvalue weighted by Gasteiger charge is 2.37. The van der Waals surface area contributed by atoms with Crippen molar-refractivity contribution < 1.29 is 19.4 Å². The maximum atomic E-state index is 11.7. The topological polar surface area (TPSA) is 66.8 Å². The second-order valence-corrected chi connectivity index (χ2v) is 3.79. The fourth-order valence-corrected chi connectivity index (χ4v) is 1.53. The highest BCUT2D eigenvalue weighted by molar-refractivity contribution is 5.84. The Hall–Kier alpha value is -1.10. The fourth-order valence-electron chi connectivity index (χ4n) is 1.53. The molecule has 5 heteroatoms. The van der Waals surface area contributed by atoms with Crippen molar-refractivity contribution in [3.63, 3.8) is 0 Å². The number of carboxylic acids is 1. The molecule has 0 bridgehead atoms. The Morgan fingerprint density at radius 2 is 2.13 bits per heavy atom. The number of ether oxygens (including phenoxy) is 1. The van der Waals surface area contributed by atoms with Crippen molar-refractivity contribution in [1.29, 1.82) is 0 Å². The number of carboxylic acid groups (broad SMARTS) is 1. The number of methoxy groups -OCH3 is 1. The molecule has 0 aromatic rings. The number of hydrogen-bond acceptors (Lipinski definition) is 3. The summed E-state index contributed by atoms with van der Waals surface area (Å²) < 4.78 is 4.81. The van der Waals surface area contributed by atoms with Gasteiger partial charge in [-0.2, -0.15) is 0 Å². The van der Waals surface area contributed by atoms with Crippen molar-refractivity contribution in [3.8, 4) is 0 Å². The van der Waals surface area contributed by atoms with Crippen LogP contribution in [-0.4, -0.2) is 47.7 Å². The molecular formula is C10H17NO4. The van der Waals surface area contributed by atoms with E-state index in [1.807, 2.05) is 0 Å². The van der Waals surface area contributed by atoms with E-state index in [1.165, 1.54) is 12.0 Å². The Labute approximate surface area is 89.0 Å². The van der Waals surface area contributed by atoms with Gasteiger partial charge in [0, 0.05) is 13.2 Å². The van der Waals surface area contributed by atoms with Crippen LogP contribution in [0.2, 0.25) is 0 Å². The van der Waals surface area contributed by atoms with E-state index in [0.717, 1.165) is 12.8 Å². The number of carbonyl (C=O) groups is 2. The molecule has 1 fully saturated rings. The van der Waals surface area contributed by atoms with E-state index in [-0.39, 0.29) is 18.4 Å². The van der Waals surface area contributed by atoms with Crippen LogP contribution in [0.1, 0.15) is 26.2 Å². The molecule has 0 aliphatic heterocycles. The summed E-state index contributed by atoms with van der Waals surface area (Å²) in [7, 11) is 1.52. The number of rotatable bonds is 6. The lowest BCUT2D eigenvalue weighted by Crippen LogP contribution is -2.45. The van der Waals surface area contributed by atoms with Gasteiger partial charge >= 0.3 is 5.97 Å². The van der Waals surface area contributed by atoms with Crippen LogP contribution in [0.15, 0.2) is 0 Å². The first-order chi connectivity index (χ1) is 7.07. The van der Waals surface area contributed by atoms with Gasteiger partial charge in [-0.25, -0.2) is 4.79 Å². The van der Waals surface area contributed by atoms with Gasteiger partial charge in [0.1, 0.15) is 6.04 Å². The Morgan fingerprint density at radius 3 is 2.53 bits per heavy atom. The van der Waals surface area contributed by atoms with E-state index in [2.05, 4.69) is 0 Å². The Bertz CT molecular complexity index is 250. The average Bonchev–Trinajstić information content (AvgIpc) is 2.98. The lowest BCUT2D eigenvalue weighted by atomic mass is 10.2. The van der Waals surface area contributed by atoms with E-state index in [1.54, 1.807) is 6.92 Å². The highest BCUT2D eigenvalue weighted by Crippen LogP contribution is 2.29. The first-order valence-electron chi connectivity index (χ1n) is 5.10. The summed E-state index contributed by atoms with van der Waals surface area (Å²) >= 11 is 0. The summed E-state index contributed by atoms with van der Waals surface area (Å²) in [5, 5.41) is 8.88. The lowest BCUT2D eigenvalue weighted by molar-refractivity contribution is -0.150. The summed E-state index contributed by atoms with van der Waals surface area (Å²) in [5.41, 5.74) is 0. The molecular weight excluding hydrogens is 198 g/mol. The smallest absolute Gasteiger partial charge is 0.326 e. The third-order valence-corrected chi connectivity index (χ3v) is 2.52. The lowest BCUT2D eigenvalue weighted by Gasteiger charge is -2.26. The van der Waals surface area contributed by atoms with Gasteiger partial charge in [-0.05, 0) is 19.8 Å². The molecule has 0 heterocycles.